The predicted octanol–water partition coefficient (Wildman–Crippen LogP) is 7.28. The van der Waals surface area contributed by atoms with Crippen LogP contribution in [0.15, 0.2) is 30.5 Å². The van der Waals surface area contributed by atoms with Crippen LogP contribution in [0.25, 0.3) is 11.0 Å². The lowest BCUT2D eigenvalue weighted by Gasteiger charge is -2.37. The minimum Gasteiger partial charge on any atom is -0.444 e. The van der Waals surface area contributed by atoms with E-state index in [2.05, 4.69) is 17.2 Å². The Morgan fingerprint density at radius 1 is 1.15 bits per heavy atom. The molecule has 0 radical (unpaired) electrons. The maximum atomic E-state index is 16.2. The van der Waals surface area contributed by atoms with Crippen LogP contribution in [0.1, 0.15) is 114 Å². The molecule has 2 N–H and O–H groups in total. The first kappa shape index (κ1) is 29.1. The van der Waals surface area contributed by atoms with Gasteiger partial charge in [0.05, 0.1) is 17.6 Å². The molecule has 2 atom stereocenters. The van der Waals surface area contributed by atoms with Crippen molar-refractivity contribution >= 4 is 23.0 Å². The standard InChI is InChI=1S/C32H44FN5O3/c1-6-37-18-9-11-25(37)30(39)36-27(21-14-12-20(2)13-15-21)29-34-23-17-16-22(26(33)28(23)35-29)24-10-7-8-19-38(24)31(40)41-32(3,4)5/h9,11,16-18,20-21,24,27H,6-8,10,12-15,19H2,1-5H3,(H,34,35)(H,36,39)/t20?,21?,24?,27-/m0/s1. The van der Waals surface area contributed by atoms with E-state index in [0.29, 0.717) is 48.0 Å². The summed E-state index contributed by atoms with van der Waals surface area (Å²) in [5.41, 5.74) is 1.25. The van der Waals surface area contributed by atoms with E-state index in [1.54, 1.807) is 11.0 Å². The van der Waals surface area contributed by atoms with E-state index < -0.39 is 23.6 Å². The van der Waals surface area contributed by atoms with E-state index in [9.17, 15) is 9.59 Å². The quantitative estimate of drug-likeness (QED) is 0.328. The molecule has 3 heterocycles. The van der Waals surface area contributed by atoms with Crippen LogP contribution >= 0.6 is 0 Å². The number of likely N-dealkylation sites (tertiary alicyclic amines) is 1. The summed E-state index contributed by atoms with van der Waals surface area (Å²) in [5.74, 6) is 0.847. The molecule has 1 aliphatic carbocycles. The van der Waals surface area contributed by atoms with Gasteiger partial charge in [-0.1, -0.05) is 25.8 Å². The molecule has 0 bridgehead atoms. The maximum Gasteiger partial charge on any atom is 0.410 e. The number of fused-ring (bicyclic) bond motifs is 1. The third kappa shape index (κ3) is 6.28. The van der Waals surface area contributed by atoms with Gasteiger partial charge in [-0.3, -0.25) is 4.79 Å². The van der Waals surface area contributed by atoms with E-state index in [1.807, 2.05) is 56.7 Å². The highest BCUT2D eigenvalue weighted by Gasteiger charge is 2.35. The Hall–Kier alpha value is -3.36. The highest BCUT2D eigenvalue weighted by molar-refractivity contribution is 5.93. The number of ether oxygens (including phenoxy) is 1. The van der Waals surface area contributed by atoms with Gasteiger partial charge in [-0.15, -0.1) is 0 Å². The first-order chi connectivity index (χ1) is 19.6. The molecule has 0 spiro atoms. The van der Waals surface area contributed by atoms with Gasteiger partial charge < -0.3 is 24.5 Å². The fraction of sp³-hybridized carbons (Fsp3) is 0.594. The van der Waals surface area contributed by atoms with E-state index in [1.165, 1.54) is 0 Å². The van der Waals surface area contributed by atoms with Crippen molar-refractivity contribution in [1.29, 1.82) is 0 Å². The second kappa shape index (κ2) is 11.9. The number of H-pyrrole nitrogens is 1. The molecule has 8 nitrogen and oxygen atoms in total. The van der Waals surface area contributed by atoms with Crippen molar-refractivity contribution in [3.05, 3.63) is 53.4 Å². The first-order valence-corrected chi connectivity index (χ1v) is 15.2. The molecule has 5 rings (SSSR count). The van der Waals surface area contributed by atoms with Gasteiger partial charge in [0.25, 0.3) is 5.91 Å². The SMILES string of the molecule is CCn1cccc1C(=O)N[C@H](c1nc2c(F)c(C3CCCCN3C(=O)OC(C)(C)C)ccc2[nH]1)C1CCC(C)CC1. The van der Waals surface area contributed by atoms with Crippen LogP contribution < -0.4 is 5.32 Å². The number of nitrogens with zero attached hydrogens (tertiary/aromatic N) is 3. The number of hydrogen-bond acceptors (Lipinski definition) is 4. The Morgan fingerprint density at radius 2 is 1.90 bits per heavy atom. The zero-order valence-corrected chi connectivity index (χ0v) is 25.0. The number of halogens is 1. The number of imidazole rings is 1. The molecule has 41 heavy (non-hydrogen) atoms. The number of nitrogens with one attached hydrogen (secondary N) is 2. The van der Waals surface area contributed by atoms with Crippen LogP contribution in [-0.2, 0) is 11.3 Å². The number of aromatic nitrogens is 3. The fourth-order valence-corrected chi connectivity index (χ4v) is 6.42. The number of piperidine rings is 1. The van der Waals surface area contributed by atoms with Gasteiger partial charge in [-0.2, -0.15) is 0 Å². The summed E-state index contributed by atoms with van der Waals surface area (Å²) in [6.07, 6.45) is 8.01. The summed E-state index contributed by atoms with van der Waals surface area (Å²) in [6.45, 7) is 11.0. The van der Waals surface area contributed by atoms with Gasteiger partial charge >= 0.3 is 6.09 Å². The third-order valence-corrected chi connectivity index (χ3v) is 8.65. The molecule has 3 aromatic rings. The number of carbonyl (C=O) groups excluding carboxylic acids is 2. The monoisotopic (exact) mass is 565 g/mol. The Labute approximate surface area is 242 Å². The molecule has 9 heteroatoms. The van der Waals surface area contributed by atoms with Crippen LogP contribution in [0.5, 0.6) is 0 Å². The van der Waals surface area contributed by atoms with Gasteiger partial charge in [0.1, 0.15) is 22.6 Å². The smallest absolute Gasteiger partial charge is 0.410 e. The molecule has 2 amide bonds. The topological polar surface area (TPSA) is 92.2 Å². The van der Waals surface area contributed by atoms with Crippen LogP contribution in [0.2, 0.25) is 0 Å². The molecule has 1 aliphatic heterocycles. The lowest BCUT2D eigenvalue weighted by atomic mass is 9.79. The van der Waals surface area contributed by atoms with Crippen molar-refractivity contribution in [2.24, 2.45) is 11.8 Å². The summed E-state index contributed by atoms with van der Waals surface area (Å²) < 4.78 is 23.8. The molecule has 1 unspecified atom stereocenters. The summed E-state index contributed by atoms with van der Waals surface area (Å²) >= 11 is 0. The second-order valence-corrected chi connectivity index (χ2v) is 12.8. The van der Waals surface area contributed by atoms with Crippen LogP contribution in [-0.4, -0.2) is 43.6 Å². The highest BCUT2D eigenvalue weighted by atomic mass is 19.1. The summed E-state index contributed by atoms with van der Waals surface area (Å²) in [5, 5.41) is 3.25. The normalized spacial score (nSPS) is 22.5. The van der Waals surface area contributed by atoms with E-state index in [0.717, 1.165) is 38.5 Å². The van der Waals surface area contributed by atoms with E-state index >= 15 is 4.39 Å². The van der Waals surface area contributed by atoms with E-state index in [4.69, 9.17) is 9.72 Å². The van der Waals surface area contributed by atoms with Crippen LogP contribution in [0.4, 0.5) is 9.18 Å². The van der Waals surface area contributed by atoms with Gasteiger partial charge in [-0.05, 0) is 89.8 Å². The first-order valence-electron chi connectivity index (χ1n) is 15.2. The van der Waals surface area contributed by atoms with Gasteiger partial charge in [0.2, 0.25) is 0 Å². The summed E-state index contributed by atoms with van der Waals surface area (Å²) in [7, 11) is 0. The highest BCUT2D eigenvalue weighted by Crippen LogP contribution is 2.39. The van der Waals surface area contributed by atoms with E-state index in [-0.39, 0.29) is 23.4 Å². The van der Waals surface area contributed by atoms with Gasteiger partial charge in [-0.25, -0.2) is 14.2 Å². The molecular weight excluding hydrogens is 521 g/mol. The minimum absolute atomic E-state index is 0.155. The lowest BCUT2D eigenvalue weighted by Crippen LogP contribution is -2.42. The molecule has 2 fully saturated rings. The number of carbonyl (C=O) groups is 2. The molecular formula is C32H44FN5O3. The number of aryl methyl sites for hydroxylation is 1. The molecule has 1 aromatic carbocycles. The van der Waals surface area contributed by atoms with Gasteiger partial charge in [0, 0.05) is 24.8 Å². The Morgan fingerprint density at radius 3 is 2.61 bits per heavy atom. The Bertz CT molecular complexity index is 1380. The average Bonchev–Trinajstić information content (AvgIpc) is 3.59. The Balaban J connectivity index is 1.47. The van der Waals surface area contributed by atoms with Crippen molar-refractivity contribution in [2.75, 3.05) is 6.54 Å². The lowest BCUT2D eigenvalue weighted by molar-refractivity contribution is 0.00916. The maximum absolute atomic E-state index is 16.2. The molecule has 1 saturated heterocycles. The van der Waals surface area contributed by atoms with Crippen LogP contribution in [0.3, 0.4) is 0 Å². The zero-order chi connectivity index (χ0) is 29.3. The molecule has 2 aliphatic rings. The minimum atomic E-state index is -0.631. The predicted molar refractivity (Wildman–Crippen MR) is 157 cm³/mol. The Kier molecular flexibility index (Phi) is 8.43. The fourth-order valence-electron chi connectivity index (χ4n) is 6.42. The molecule has 1 saturated carbocycles. The summed E-state index contributed by atoms with van der Waals surface area (Å²) in [6, 6.07) is 6.52. The third-order valence-electron chi connectivity index (χ3n) is 8.65. The van der Waals surface area contributed by atoms with Gasteiger partial charge in [0.15, 0.2) is 5.82 Å². The molecule has 2 aromatic heterocycles. The number of amides is 2. The van der Waals surface area contributed by atoms with Crippen molar-refractivity contribution < 1.29 is 18.7 Å². The second-order valence-electron chi connectivity index (χ2n) is 12.8. The van der Waals surface area contributed by atoms with Crippen molar-refractivity contribution in [3.8, 4) is 0 Å². The zero-order valence-electron chi connectivity index (χ0n) is 25.0. The average molecular weight is 566 g/mol. The summed E-state index contributed by atoms with van der Waals surface area (Å²) in [4.78, 5) is 36.2. The number of hydrogen-bond donors (Lipinski definition) is 2. The molecule has 222 valence electrons. The van der Waals surface area contributed by atoms with Crippen LogP contribution in [0, 0.1) is 17.7 Å². The number of benzene rings is 1. The van der Waals surface area contributed by atoms with Crippen molar-refractivity contribution in [1.82, 2.24) is 24.8 Å². The van der Waals surface area contributed by atoms with Crippen molar-refractivity contribution in [3.63, 3.8) is 0 Å². The number of rotatable bonds is 6. The van der Waals surface area contributed by atoms with Crippen molar-refractivity contribution in [2.45, 2.75) is 104 Å². The number of aromatic amines is 1. The largest absolute Gasteiger partial charge is 0.444 e.